The smallest absolute Gasteiger partial charge is 0.224 e. The Morgan fingerprint density at radius 2 is 1.89 bits per heavy atom. The van der Waals surface area contributed by atoms with Crippen LogP contribution >= 0.6 is 11.6 Å². The predicted octanol–water partition coefficient (Wildman–Crippen LogP) is 3.42. The maximum absolute atomic E-state index is 13.3. The number of carbonyl (C=O) groups is 1. The molecule has 0 bridgehead atoms. The summed E-state index contributed by atoms with van der Waals surface area (Å²) in [6.07, 6.45) is 3.86. The van der Waals surface area contributed by atoms with E-state index < -0.39 is 11.6 Å². The van der Waals surface area contributed by atoms with Crippen LogP contribution in [0.3, 0.4) is 0 Å². The lowest BCUT2D eigenvalue weighted by molar-refractivity contribution is -0.120. The zero-order valence-electron chi connectivity index (χ0n) is 10.7. The molecule has 0 unspecified atom stereocenters. The van der Waals surface area contributed by atoms with Crippen molar-refractivity contribution in [2.75, 3.05) is 12.4 Å². The van der Waals surface area contributed by atoms with Gasteiger partial charge in [0.05, 0.1) is 6.42 Å². The van der Waals surface area contributed by atoms with E-state index in [1.807, 2.05) is 0 Å². The number of rotatable bonds is 8. The lowest BCUT2D eigenvalue weighted by Crippen LogP contribution is -2.26. The van der Waals surface area contributed by atoms with Gasteiger partial charge in [-0.05, 0) is 24.5 Å². The van der Waals surface area contributed by atoms with Gasteiger partial charge < -0.3 is 5.32 Å². The number of hydrogen-bond donors (Lipinski definition) is 1. The van der Waals surface area contributed by atoms with Crippen LogP contribution in [-0.2, 0) is 11.2 Å². The monoisotopic (exact) mass is 289 g/mol. The molecule has 2 nitrogen and oxygen atoms in total. The zero-order valence-corrected chi connectivity index (χ0v) is 11.5. The minimum atomic E-state index is -0.683. The third-order valence-corrected chi connectivity index (χ3v) is 3.02. The molecule has 0 aromatic heterocycles. The standard InChI is InChI=1S/C14H18ClF2NO/c15-7-3-1-2-4-8-18-14(19)9-11-5-6-12(16)10-13(11)17/h5-6,10H,1-4,7-9H2,(H,18,19). The van der Waals surface area contributed by atoms with E-state index in [0.717, 1.165) is 37.8 Å². The van der Waals surface area contributed by atoms with Crippen LogP contribution in [0.15, 0.2) is 18.2 Å². The van der Waals surface area contributed by atoms with E-state index in [0.29, 0.717) is 12.4 Å². The van der Waals surface area contributed by atoms with Crippen molar-refractivity contribution in [1.29, 1.82) is 0 Å². The Morgan fingerprint density at radius 3 is 2.58 bits per heavy atom. The molecule has 0 atom stereocenters. The second-order valence-corrected chi connectivity index (χ2v) is 4.74. The van der Waals surface area contributed by atoms with E-state index in [1.54, 1.807) is 0 Å². The number of nitrogens with one attached hydrogen (secondary N) is 1. The molecule has 1 amide bonds. The Morgan fingerprint density at radius 1 is 1.16 bits per heavy atom. The lowest BCUT2D eigenvalue weighted by atomic mass is 10.1. The maximum Gasteiger partial charge on any atom is 0.224 e. The number of amides is 1. The number of hydrogen-bond acceptors (Lipinski definition) is 1. The van der Waals surface area contributed by atoms with Crippen molar-refractivity contribution >= 4 is 17.5 Å². The van der Waals surface area contributed by atoms with Crippen LogP contribution in [0.4, 0.5) is 8.78 Å². The second kappa shape index (κ2) is 8.86. The van der Waals surface area contributed by atoms with Gasteiger partial charge in [-0.3, -0.25) is 4.79 Å². The first-order valence-electron chi connectivity index (χ1n) is 6.40. The summed E-state index contributed by atoms with van der Waals surface area (Å²) in [4.78, 5) is 11.5. The van der Waals surface area contributed by atoms with Crippen LogP contribution in [0.25, 0.3) is 0 Å². The van der Waals surface area contributed by atoms with Crippen molar-refractivity contribution in [1.82, 2.24) is 5.32 Å². The molecule has 0 saturated carbocycles. The van der Waals surface area contributed by atoms with E-state index in [1.165, 1.54) is 6.07 Å². The predicted molar refractivity (Wildman–Crippen MR) is 72.3 cm³/mol. The number of unbranched alkanes of at least 4 members (excludes halogenated alkanes) is 3. The van der Waals surface area contributed by atoms with Gasteiger partial charge in [0.15, 0.2) is 0 Å². The van der Waals surface area contributed by atoms with Crippen LogP contribution in [0.5, 0.6) is 0 Å². The number of alkyl halides is 1. The Hall–Kier alpha value is -1.16. The molecule has 5 heteroatoms. The van der Waals surface area contributed by atoms with Gasteiger partial charge in [-0.15, -0.1) is 11.6 Å². The molecule has 0 aliphatic carbocycles. The molecule has 1 aromatic carbocycles. The normalized spacial score (nSPS) is 10.5. The van der Waals surface area contributed by atoms with Crippen LogP contribution in [-0.4, -0.2) is 18.3 Å². The Kier molecular flexibility index (Phi) is 7.41. The molecular formula is C14H18ClF2NO. The molecule has 0 radical (unpaired) electrons. The van der Waals surface area contributed by atoms with Crippen LogP contribution in [0.2, 0.25) is 0 Å². The fourth-order valence-electron chi connectivity index (χ4n) is 1.70. The first-order chi connectivity index (χ1) is 9.13. The molecular weight excluding hydrogens is 272 g/mol. The quantitative estimate of drug-likeness (QED) is 0.576. The highest BCUT2D eigenvalue weighted by Crippen LogP contribution is 2.10. The number of benzene rings is 1. The summed E-state index contributed by atoms with van der Waals surface area (Å²) in [5.41, 5.74) is 0.209. The highest BCUT2D eigenvalue weighted by Gasteiger charge is 2.08. The molecule has 1 rings (SSSR count). The molecule has 0 aliphatic heterocycles. The fourth-order valence-corrected chi connectivity index (χ4v) is 1.89. The highest BCUT2D eigenvalue weighted by atomic mass is 35.5. The van der Waals surface area contributed by atoms with E-state index in [9.17, 15) is 13.6 Å². The first kappa shape index (κ1) is 15.9. The summed E-state index contributed by atoms with van der Waals surface area (Å²) in [6, 6.07) is 3.23. The van der Waals surface area contributed by atoms with E-state index in [-0.39, 0.29) is 17.9 Å². The van der Waals surface area contributed by atoms with E-state index in [2.05, 4.69) is 5.32 Å². The average molecular weight is 290 g/mol. The Balaban J connectivity index is 2.23. The summed E-state index contributed by atoms with van der Waals surface area (Å²) in [7, 11) is 0. The molecule has 0 spiro atoms. The van der Waals surface area contributed by atoms with E-state index in [4.69, 9.17) is 11.6 Å². The van der Waals surface area contributed by atoms with Crippen LogP contribution in [0, 0.1) is 11.6 Å². The molecule has 0 saturated heterocycles. The van der Waals surface area contributed by atoms with Gasteiger partial charge in [0.2, 0.25) is 5.91 Å². The summed E-state index contributed by atoms with van der Waals surface area (Å²) in [5, 5.41) is 2.72. The zero-order chi connectivity index (χ0) is 14.1. The minimum absolute atomic E-state index is 0.0617. The third kappa shape index (κ3) is 6.53. The van der Waals surface area contributed by atoms with Gasteiger partial charge in [0, 0.05) is 18.5 Å². The van der Waals surface area contributed by atoms with Crippen LogP contribution in [0.1, 0.15) is 31.2 Å². The highest BCUT2D eigenvalue weighted by molar-refractivity contribution is 6.17. The molecule has 19 heavy (non-hydrogen) atoms. The molecule has 1 N–H and O–H groups in total. The van der Waals surface area contributed by atoms with Gasteiger partial charge in [0.25, 0.3) is 0 Å². The van der Waals surface area contributed by atoms with E-state index >= 15 is 0 Å². The van der Waals surface area contributed by atoms with Crippen molar-refractivity contribution in [3.8, 4) is 0 Å². The van der Waals surface area contributed by atoms with Gasteiger partial charge in [0.1, 0.15) is 11.6 Å². The lowest BCUT2D eigenvalue weighted by Gasteiger charge is -2.06. The van der Waals surface area contributed by atoms with Gasteiger partial charge in [-0.1, -0.05) is 18.9 Å². The summed E-state index contributed by atoms with van der Waals surface area (Å²) in [5.74, 6) is -0.906. The Bertz CT molecular complexity index is 412. The molecule has 0 heterocycles. The minimum Gasteiger partial charge on any atom is -0.356 e. The van der Waals surface area contributed by atoms with Gasteiger partial charge in [-0.25, -0.2) is 8.78 Å². The molecule has 1 aromatic rings. The SMILES string of the molecule is O=C(Cc1ccc(F)cc1F)NCCCCCCCl. The molecule has 0 fully saturated rings. The fraction of sp³-hybridized carbons (Fsp3) is 0.500. The number of halogens is 3. The van der Waals surface area contributed by atoms with Crippen LogP contribution < -0.4 is 5.32 Å². The van der Waals surface area contributed by atoms with Crippen molar-refractivity contribution in [3.05, 3.63) is 35.4 Å². The van der Waals surface area contributed by atoms with Crippen molar-refractivity contribution in [3.63, 3.8) is 0 Å². The molecule has 106 valence electrons. The average Bonchev–Trinajstić information content (AvgIpc) is 2.37. The maximum atomic E-state index is 13.3. The van der Waals surface area contributed by atoms with Crippen molar-refractivity contribution in [2.24, 2.45) is 0 Å². The van der Waals surface area contributed by atoms with Crippen molar-refractivity contribution in [2.45, 2.75) is 32.1 Å². The Labute approximate surface area is 117 Å². The second-order valence-electron chi connectivity index (χ2n) is 4.37. The third-order valence-electron chi connectivity index (χ3n) is 2.75. The first-order valence-corrected chi connectivity index (χ1v) is 6.93. The number of carbonyl (C=O) groups excluding carboxylic acids is 1. The summed E-state index contributed by atoms with van der Waals surface area (Å²) in [6.45, 7) is 0.573. The van der Waals surface area contributed by atoms with Gasteiger partial charge >= 0.3 is 0 Å². The van der Waals surface area contributed by atoms with Crippen molar-refractivity contribution < 1.29 is 13.6 Å². The largest absolute Gasteiger partial charge is 0.356 e. The summed E-state index contributed by atoms with van der Waals surface area (Å²) >= 11 is 5.55. The summed E-state index contributed by atoms with van der Waals surface area (Å²) < 4.78 is 26.0. The topological polar surface area (TPSA) is 29.1 Å². The molecule has 0 aliphatic rings. The van der Waals surface area contributed by atoms with Gasteiger partial charge in [-0.2, -0.15) is 0 Å².